The Labute approximate surface area is 159 Å². The fourth-order valence-corrected chi connectivity index (χ4v) is 3.02. The van der Waals surface area contributed by atoms with Crippen molar-refractivity contribution in [2.45, 2.75) is 0 Å². The molecule has 0 aliphatic heterocycles. The highest BCUT2D eigenvalue weighted by atomic mass is 35.5. The molecule has 9 heteroatoms. The second kappa shape index (κ2) is 8.03. The van der Waals surface area contributed by atoms with E-state index in [1.54, 1.807) is 50.1 Å². The zero-order valence-corrected chi connectivity index (χ0v) is 15.5. The quantitative estimate of drug-likeness (QED) is 0.613. The van der Waals surface area contributed by atoms with Crippen LogP contribution in [0.25, 0.3) is 0 Å². The molecule has 0 aliphatic rings. The summed E-state index contributed by atoms with van der Waals surface area (Å²) in [5.74, 6) is 0.861. The molecule has 2 aromatic heterocycles. The van der Waals surface area contributed by atoms with Crippen molar-refractivity contribution in [2.75, 3.05) is 24.9 Å². The number of pyridine rings is 1. The minimum atomic E-state index is -0.364. The molecule has 0 aliphatic carbocycles. The monoisotopic (exact) mass is 390 g/mol. The number of rotatable bonds is 6. The van der Waals surface area contributed by atoms with Crippen LogP contribution < -0.4 is 20.1 Å². The molecule has 0 bridgehead atoms. The summed E-state index contributed by atoms with van der Waals surface area (Å²) in [6.07, 6.45) is 1.55. The highest BCUT2D eigenvalue weighted by Gasteiger charge is 2.13. The molecular weight excluding hydrogens is 376 g/mol. The minimum Gasteiger partial charge on any atom is -0.493 e. The normalized spacial score (nSPS) is 10.3. The van der Waals surface area contributed by atoms with E-state index in [9.17, 15) is 4.79 Å². The first kappa shape index (κ1) is 18.0. The smallest absolute Gasteiger partial charge is 0.275 e. The average molecular weight is 391 g/mol. The molecule has 0 spiro atoms. The Morgan fingerprint density at radius 1 is 1.19 bits per heavy atom. The number of nitrogens with zero attached hydrogens (tertiary/aromatic N) is 2. The van der Waals surface area contributed by atoms with E-state index in [0.29, 0.717) is 22.3 Å². The van der Waals surface area contributed by atoms with Gasteiger partial charge < -0.3 is 20.1 Å². The predicted molar refractivity (Wildman–Crippen MR) is 102 cm³/mol. The van der Waals surface area contributed by atoms with E-state index < -0.39 is 0 Å². The van der Waals surface area contributed by atoms with Crippen molar-refractivity contribution in [3.63, 3.8) is 0 Å². The topological polar surface area (TPSA) is 85.4 Å². The molecular formula is C17H15ClN4O3S. The molecule has 3 rings (SSSR count). The van der Waals surface area contributed by atoms with Crippen molar-refractivity contribution < 1.29 is 14.3 Å². The molecule has 0 radical (unpaired) electrons. The van der Waals surface area contributed by atoms with Crippen LogP contribution >= 0.6 is 22.9 Å². The molecule has 0 saturated carbocycles. The number of thiazole rings is 1. The van der Waals surface area contributed by atoms with Gasteiger partial charge in [-0.25, -0.2) is 9.97 Å². The SMILES string of the molecule is COc1ccc(Nc2nc(C(=O)Nc3cccnc3Cl)cs2)cc1OC. The number of ether oxygens (including phenoxy) is 2. The molecule has 7 nitrogen and oxygen atoms in total. The Kier molecular flexibility index (Phi) is 5.55. The van der Waals surface area contributed by atoms with Gasteiger partial charge in [-0.2, -0.15) is 0 Å². The maximum absolute atomic E-state index is 12.3. The van der Waals surface area contributed by atoms with E-state index in [1.165, 1.54) is 11.3 Å². The van der Waals surface area contributed by atoms with Crippen molar-refractivity contribution in [3.8, 4) is 11.5 Å². The van der Waals surface area contributed by atoms with Crippen molar-refractivity contribution in [3.05, 3.63) is 52.8 Å². The summed E-state index contributed by atoms with van der Waals surface area (Å²) in [7, 11) is 3.14. The molecule has 134 valence electrons. The maximum atomic E-state index is 12.3. The molecule has 2 N–H and O–H groups in total. The lowest BCUT2D eigenvalue weighted by atomic mass is 10.3. The summed E-state index contributed by atoms with van der Waals surface area (Å²) in [5, 5.41) is 8.26. The molecule has 3 aromatic rings. The summed E-state index contributed by atoms with van der Waals surface area (Å²) >= 11 is 7.25. The van der Waals surface area contributed by atoms with Gasteiger partial charge in [0.05, 0.1) is 19.9 Å². The van der Waals surface area contributed by atoms with Gasteiger partial charge >= 0.3 is 0 Å². The van der Waals surface area contributed by atoms with Crippen molar-refractivity contribution >= 4 is 45.4 Å². The van der Waals surface area contributed by atoms with Crippen molar-refractivity contribution in [1.29, 1.82) is 0 Å². The number of halogens is 1. The molecule has 0 fully saturated rings. The van der Waals surface area contributed by atoms with E-state index in [1.807, 2.05) is 6.07 Å². The number of anilines is 3. The maximum Gasteiger partial charge on any atom is 0.275 e. The van der Waals surface area contributed by atoms with Crippen LogP contribution in [0.2, 0.25) is 5.15 Å². The lowest BCUT2D eigenvalue weighted by Crippen LogP contribution is -2.13. The van der Waals surface area contributed by atoms with E-state index in [0.717, 1.165) is 5.69 Å². The summed E-state index contributed by atoms with van der Waals surface area (Å²) in [6, 6.07) is 8.76. The van der Waals surface area contributed by atoms with Gasteiger partial charge in [0.15, 0.2) is 21.8 Å². The summed E-state index contributed by atoms with van der Waals surface area (Å²) in [4.78, 5) is 20.5. The van der Waals surface area contributed by atoms with Gasteiger partial charge in [0.1, 0.15) is 5.69 Å². The van der Waals surface area contributed by atoms with Crippen LogP contribution in [-0.4, -0.2) is 30.1 Å². The van der Waals surface area contributed by atoms with Crippen LogP contribution in [0.4, 0.5) is 16.5 Å². The third-order valence-electron chi connectivity index (χ3n) is 3.38. The minimum absolute atomic E-state index is 0.222. The Bertz CT molecular complexity index is 932. The highest BCUT2D eigenvalue weighted by molar-refractivity contribution is 7.14. The van der Waals surface area contributed by atoms with Gasteiger partial charge in [0.2, 0.25) is 0 Å². The lowest BCUT2D eigenvalue weighted by molar-refractivity contribution is 0.102. The van der Waals surface area contributed by atoms with Crippen LogP contribution in [0.5, 0.6) is 11.5 Å². The van der Waals surface area contributed by atoms with Crippen LogP contribution in [0, 0.1) is 0 Å². The molecule has 1 aromatic carbocycles. The molecule has 0 unspecified atom stereocenters. The Morgan fingerprint density at radius 2 is 2.00 bits per heavy atom. The number of carbonyl (C=O) groups excluding carboxylic acids is 1. The first-order valence-electron chi connectivity index (χ1n) is 7.47. The zero-order chi connectivity index (χ0) is 18.5. The van der Waals surface area contributed by atoms with Crippen molar-refractivity contribution in [1.82, 2.24) is 9.97 Å². The predicted octanol–water partition coefficient (Wildman–Crippen LogP) is 4.20. The molecule has 26 heavy (non-hydrogen) atoms. The Balaban J connectivity index is 1.72. The number of benzene rings is 1. The van der Waals surface area contributed by atoms with E-state index >= 15 is 0 Å². The van der Waals surface area contributed by atoms with Crippen LogP contribution in [-0.2, 0) is 0 Å². The summed E-state index contributed by atoms with van der Waals surface area (Å²) in [5.41, 5.74) is 1.47. The number of hydrogen-bond acceptors (Lipinski definition) is 7. The van der Waals surface area contributed by atoms with Crippen LogP contribution in [0.1, 0.15) is 10.5 Å². The summed E-state index contributed by atoms with van der Waals surface area (Å²) in [6.45, 7) is 0. The zero-order valence-electron chi connectivity index (χ0n) is 13.9. The molecule has 0 atom stereocenters. The third-order valence-corrected chi connectivity index (χ3v) is 4.44. The fourth-order valence-electron chi connectivity index (χ4n) is 2.14. The van der Waals surface area contributed by atoms with E-state index in [4.69, 9.17) is 21.1 Å². The Morgan fingerprint density at radius 3 is 2.73 bits per heavy atom. The van der Waals surface area contributed by atoms with Crippen LogP contribution in [0.15, 0.2) is 41.9 Å². The van der Waals surface area contributed by atoms with Crippen molar-refractivity contribution in [2.24, 2.45) is 0 Å². The average Bonchev–Trinajstić information content (AvgIpc) is 3.12. The van der Waals surface area contributed by atoms with Gasteiger partial charge in [-0.3, -0.25) is 4.79 Å². The number of methoxy groups -OCH3 is 2. The Hall–Kier alpha value is -2.84. The molecule has 0 saturated heterocycles. The number of hydrogen-bond donors (Lipinski definition) is 2. The summed E-state index contributed by atoms with van der Waals surface area (Å²) < 4.78 is 10.5. The first-order valence-corrected chi connectivity index (χ1v) is 8.73. The van der Waals surface area contributed by atoms with E-state index in [-0.39, 0.29) is 16.8 Å². The van der Waals surface area contributed by atoms with Crippen LogP contribution in [0.3, 0.4) is 0 Å². The molecule has 2 heterocycles. The van der Waals surface area contributed by atoms with Gasteiger partial charge in [-0.1, -0.05) is 11.6 Å². The second-order valence-corrected chi connectivity index (χ2v) is 6.24. The van der Waals surface area contributed by atoms with E-state index in [2.05, 4.69) is 20.6 Å². The highest BCUT2D eigenvalue weighted by Crippen LogP contribution is 2.31. The largest absolute Gasteiger partial charge is 0.493 e. The van der Waals surface area contributed by atoms with Gasteiger partial charge in [0.25, 0.3) is 5.91 Å². The molecule has 1 amide bonds. The first-order chi connectivity index (χ1) is 12.6. The number of aromatic nitrogens is 2. The standard InChI is InChI=1S/C17H15ClN4O3S/c1-24-13-6-5-10(8-14(13)25-2)20-17-22-12(9-26-17)16(23)21-11-4-3-7-19-15(11)18/h3-9H,1-2H3,(H,20,22)(H,21,23). The lowest BCUT2D eigenvalue weighted by Gasteiger charge is -2.09. The number of amides is 1. The number of nitrogens with one attached hydrogen (secondary N) is 2. The van der Waals surface area contributed by atoms with Gasteiger partial charge in [-0.15, -0.1) is 11.3 Å². The van der Waals surface area contributed by atoms with Gasteiger partial charge in [-0.05, 0) is 24.3 Å². The number of carbonyl (C=O) groups is 1. The third kappa shape index (κ3) is 4.04. The second-order valence-electron chi connectivity index (χ2n) is 5.03. The van der Waals surface area contributed by atoms with Gasteiger partial charge in [0, 0.05) is 23.3 Å². The fraction of sp³-hybridized carbons (Fsp3) is 0.118.